The van der Waals surface area contributed by atoms with Crippen molar-refractivity contribution in [2.24, 2.45) is 0 Å². The Bertz CT molecular complexity index is 452. The van der Waals surface area contributed by atoms with Crippen molar-refractivity contribution in [3.8, 4) is 0 Å². The normalized spacial score (nSPS) is 29.8. The fraction of sp³-hybridized carbons (Fsp3) is 0.533. The monoisotopic (exact) mass is 276 g/mol. The highest BCUT2D eigenvalue weighted by atomic mass is 32.2. The van der Waals surface area contributed by atoms with Gasteiger partial charge in [0.25, 0.3) is 0 Å². The van der Waals surface area contributed by atoms with Gasteiger partial charge in [-0.25, -0.2) is 0 Å². The summed E-state index contributed by atoms with van der Waals surface area (Å²) in [7, 11) is 0. The lowest BCUT2D eigenvalue weighted by Gasteiger charge is -2.29. The highest BCUT2D eigenvalue weighted by molar-refractivity contribution is 8.01. The van der Waals surface area contributed by atoms with Crippen LogP contribution in [0.15, 0.2) is 29.2 Å². The molecule has 1 saturated heterocycles. The molecule has 3 rings (SSSR count). The minimum absolute atomic E-state index is 0.0580. The third-order valence-corrected chi connectivity index (χ3v) is 5.23. The van der Waals surface area contributed by atoms with E-state index in [-0.39, 0.29) is 11.2 Å². The molecule has 2 N–H and O–H groups in total. The number of fused-ring (bicyclic) bond motifs is 1. The summed E-state index contributed by atoms with van der Waals surface area (Å²) in [4.78, 5) is 13.6. The average molecular weight is 276 g/mol. The average Bonchev–Trinajstić information content (AvgIpc) is 2.82. The Labute approximate surface area is 118 Å². The van der Waals surface area contributed by atoms with E-state index in [2.05, 4.69) is 29.7 Å². The molecular weight excluding hydrogens is 256 g/mol. The Balaban J connectivity index is 1.58. The Hall–Kier alpha value is -1.00. The van der Waals surface area contributed by atoms with E-state index in [1.807, 2.05) is 12.1 Å². The second-order valence-corrected chi connectivity index (χ2v) is 6.75. The number of hydrogen-bond donors (Lipinski definition) is 2. The number of nitrogens with one attached hydrogen (secondary N) is 2. The second-order valence-electron chi connectivity index (χ2n) is 5.50. The zero-order chi connectivity index (χ0) is 13.2. The van der Waals surface area contributed by atoms with Crippen LogP contribution in [-0.4, -0.2) is 29.8 Å². The van der Waals surface area contributed by atoms with Gasteiger partial charge >= 0.3 is 0 Å². The van der Waals surface area contributed by atoms with Gasteiger partial charge in [-0.15, -0.1) is 11.8 Å². The molecule has 0 bridgehead atoms. The maximum Gasteiger partial charge on any atom is 0.234 e. The van der Waals surface area contributed by atoms with Gasteiger partial charge in [0.1, 0.15) is 0 Å². The van der Waals surface area contributed by atoms with Crippen LogP contribution in [0.3, 0.4) is 0 Å². The Kier molecular flexibility index (Phi) is 3.80. The van der Waals surface area contributed by atoms with E-state index >= 15 is 0 Å². The van der Waals surface area contributed by atoms with Crippen molar-refractivity contribution in [2.75, 3.05) is 6.54 Å². The molecule has 0 spiro atoms. The molecule has 3 atom stereocenters. The highest BCUT2D eigenvalue weighted by Crippen LogP contribution is 2.36. The number of piperidine rings is 1. The second kappa shape index (κ2) is 5.55. The van der Waals surface area contributed by atoms with Gasteiger partial charge in [0, 0.05) is 17.0 Å². The highest BCUT2D eigenvalue weighted by Gasteiger charge is 2.30. The molecule has 19 heavy (non-hydrogen) atoms. The van der Waals surface area contributed by atoms with Crippen molar-refractivity contribution in [3.63, 3.8) is 0 Å². The van der Waals surface area contributed by atoms with E-state index in [1.54, 1.807) is 11.8 Å². The summed E-state index contributed by atoms with van der Waals surface area (Å²) < 4.78 is 0. The molecule has 1 amide bonds. The first-order chi connectivity index (χ1) is 9.22. The largest absolute Gasteiger partial charge is 0.352 e. The van der Waals surface area contributed by atoms with Crippen LogP contribution < -0.4 is 10.6 Å². The van der Waals surface area contributed by atoms with Gasteiger partial charge in [0.15, 0.2) is 0 Å². The minimum atomic E-state index is 0.0580. The summed E-state index contributed by atoms with van der Waals surface area (Å²) in [5.41, 5.74) is 1.31. The molecule has 3 unspecified atom stereocenters. The zero-order valence-corrected chi connectivity index (χ0v) is 12.0. The Morgan fingerprint density at radius 3 is 3.05 bits per heavy atom. The molecule has 1 aromatic rings. The first kappa shape index (κ1) is 13.0. The molecule has 2 heterocycles. The van der Waals surface area contributed by atoms with Gasteiger partial charge in [-0.2, -0.15) is 0 Å². The van der Waals surface area contributed by atoms with Crippen LogP contribution in [0, 0.1) is 0 Å². The van der Waals surface area contributed by atoms with E-state index in [0.29, 0.717) is 12.1 Å². The SMILES string of the molecule is CC1CC(NC(=O)C2Cc3ccccc3S2)CCN1. The summed E-state index contributed by atoms with van der Waals surface area (Å²) >= 11 is 1.71. The van der Waals surface area contributed by atoms with Crippen molar-refractivity contribution in [2.45, 2.75) is 48.4 Å². The lowest BCUT2D eigenvalue weighted by atomic mass is 10.0. The summed E-state index contributed by atoms with van der Waals surface area (Å²) in [6, 6.07) is 9.18. The van der Waals surface area contributed by atoms with Crippen LogP contribution in [-0.2, 0) is 11.2 Å². The van der Waals surface area contributed by atoms with Crippen LogP contribution in [0.4, 0.5) is 0 Å². The van der Waals surface area contributed by atoms with Crippen LogP contribution in [0.1, 0.15) is 25.3 Å². The van der Waals surface area contributed by atoms with Gasteiger partial charge in [-0.05, 0) is 44.4 Å². The maximum atomic E-state index is 12.3. The molecular formula is C15H20N2OS. The van der Waals surface area contributed by atoms with E-state index in [4.69, 9.17) is 0 Å². The predicted octanol–water partition coefficient (Wildman–Crippen LogP) is 1.96. The van der Waals surface area contributed by atoms with Gasteiger partial charge in [0.2, 0.25) is 5.91 Å². The Morgan fingerprint density at radius 2 is 2.26 bits per heavy atom. The number of thioether (sulfide) groups is 1. The van der Waals surface area contributed by atoms with Crippen LogP contribution in [0.2, 0.25) is 0 Å². The lowest BCUT2D eigenvalue weighted by Crippen LogP contribution is -2.48. The molecule has 1 aromatic carbocycles. The standard InChI is InChI=1S/C15H20N2OS/c1-10-8-12(6-7-16-10)17-15(18)14-9-11-4-2-3-5-13(11)19-14/h2-5,10,12,14,16H,6-9H2,1H3,(H,17,18). The summed E-state index contributed by atoms with van der Waals surface area (Å²) in [5.74, 6) is 0.209. The van der Waals surface area contributed by atoms with Gasteiger partial charge < -0.3 is 10.6 Å². The maximum absolute atomic E-state index is 12.3. The number of rotatable bonds is 2. The zero-order valence-electron chi connectivity index (χ0n) is 11.2. The number of hydrogen-bond acceptors (Lipinski definition) is 3. The molecule has 0 aliphatic carbocycles. The van der Waals surface area contributed by atoms with Crippen molar-refractivity contribution < 1.29 is 4.79 Å². The molecule has 102 valence electrons. The fourth-order valence-corrected chi connectivity index (χ4v) is 4.09. The molecule has 0 aromatic heterocycles. The topological polar surface area (TPSA) is 41.1 Å². The lowest BCUT2D eigenvalue weighted by molar-refractivity contribution is -0.121. The third-order valence-electron chi connectivity index (χ3n) is 3.91. The first-order valence-electron chi connectivity index (χ1n) is 7.00. The van der Waals surface area contributed by atoms with Crippen LogP contribution >= 0.6 is 11.8 Å². The van der Waals surface area contributed by atoms with Crippen molar-refractivity contribution >= 4 is 17.7 Å². The summed E-state index contributed by atoms with van der Waals surface area (Å²) in [6.45, 7) is 3.18. The molecule has 0 saturated carbocycles. The molecule has 1 fully saturated rings. The van der Waals surface area contributed by atoms with Gasteiger partial charge in [0.05, 0.1) is 5.25 Å². The number of carbonyl (C=O) groups excluding carboxylic acids is 1. The van der Waals surface area contributed by atoms with Gasteiger partial charge in [-0.1, -0.05) is 18.2 Å². The van der Waals surface area contributed by atoms with Crippen molar-refractivity contribution in [3.05, 3.63) is 29.8 Å². The first-order valence-corrected chi connectivity index (χ1v) is 7.88. The smallest absolute Gasteiger partial charge is 0.234 e. The van der Waals surface area contributed by atoms with Crippen LogP contribution in [0.25, 0.3) is 0 Å². The predicted molar refractivity (Wildman–Crippen MR) is 78.4 cm³/mol. The summed E-state index contributed by atoms with van der Waals surface area (Å²) in [5, 5.41) is 6.70. The number of carbonyl (C=O) groups is 1. The molecule has 0 radical (unpaired) electrons. The van der Waals surface area contributed by atoms with Crippen LogP contribution in [0.5, 0.6) is 0 Å². The molecule has 4 heteroatoms. The molecule has 3 nitrogen and oxygen atoms in total. The molecule has 2 aliphatic heterocycles. The molecule has 2 aliphatic rings. The quantitative estimate of drug-likeness (QED) is 0.867. The van der Waals surface area contributed by atoms with E-state index in [0.717, 1.165) is 25.8 Å². The summed E-state index contributed by atoms with van der Waals surface area (Å²) in [6.07, 6.45) is 2.95. The fourth-order valence-electron chi connectivity index (χ4n) is 2.89. The van der Waals surface area contributed by atoms with E-state index in [9.17, 15) is 4.79 Å². The third kappa shape index (κ3) is 2.95. The van der Waals surface area contributed by atoms with Gasteiger partial charge in [-0.3, -0.25) is 4.79 Å². The Morgan fingerprint density at radius 1 is 1.42 bits per heavy atom. The number of amides is 1. The number of benzene rings is 1. The minimum Gasteiger partial charge on any atom is -0.352 e. The van der Waals surface area contributed by atoms with Crippen molar-refractivity contribution in [1.82, 2.24) is 10.6 Å². The van der Waals surface area contributed by atoms with E-state index < -0.39 is 0 Å². The van der Waals surface area contributed by atoms with Crippen molar-refractivity contribution in [1.29, 1.82) is 0 Å². The van der Waals surface area contributed by atoms with E-state index in [1.165, 1.54) is 10.5 Å².